The fraction of sp³-hybridized carbons (Fsp3) is 0.176. The summed E-state index contributed by atoms with van der Waals surface area (Å²) in [6.45, 7) is 4.00. The Morgan fingerprint density at radius 3 is 2.29 bits per heavy atom. The summed E-state index contributed by atoms with van der Waals surface area (Å²) in [5.74, 6) is -2.22. The summed E-state index contributed by atoms with van der Waals surface area (Å²) in [4.78, 5) is 9.45. The number of benzene rings is 2. The van der Waals surface area contributed by atoms with Gasteiger partial charge in [-0.15, -0.1) is 0 Å². The summed E-state index contributed by atoms with van der Waals surface area (Å²) in [7, 11) is 1.62. The Hall–Kier alpha value is -2.34. The zero-order chi connectivity index (χ0) is 17.9. The van der Waals surface area contributed by atoms with Gasteiger partial charge >= 0.3 is 0 Å². The first-order valence-corrected chi connectivity index (χ1v) is 7.65. The van der Waals surface area contributed by atoms with Gasteiger partial charge in [-0.1, -0.05) is 19.9 Å². The quantitative estimate of drug-likeness (QED) is 0.570. The lowest BCUT2D eigenvalue weighted by Gasteiger charge is -2.20. The molecule has 0 fully saturated rings. The lowest BCUT2D eigenvalue weighted by atomic mass is 10.2. The highest BCUT2D eigenvalue weighted by Gasteiger charge is 2.16. The lowest BCUT2D eigenvalue weighted by molar-refractivity contribution is 0.510. The maximum Gasteiger partial charge on any atom is 0.224 e. The Labute approximate surface area is 142 Å². The Balaban J connectivity index is 0.00000100. The van der Waals surface area contributed by atoms with Gasteiger partial charge in [-0.05, 0) is 35.9 Å². The van der Waals surface area contributed by atoms with Crippen LogP contribution in [0.1, 0.15) is 13.8 Å². The molecule has 0 aliphatic rings. The fourth-order valence-corrected chi connectivity index (χ4v) is 2.31. The van der Waals surface area contributed by atoms with Gasteiger partial charge in [0.25, 0.3) is 0 Å². The van der Waals surface area contributed by atoms with Gasteiger partial charge in [0.1, 0.15) is 11.6 Å². The maximum atomic E-state index is 13.5. The highest BCUT2D eigenvalue weighted by Crippen LogP contribution is 2.31. The minimum Gasteiger partial charge on any atom is -0.329 e. The minimum absolute atomic E-state index is 0.114. The Bertz CT molecular complexity index is 871. The van der Waals surface area contributed by atoms with E-state index in [1.807, 2.05) is 13.8 Å². The van der Waals surface area contributed by atoms with Crippen LogP contribution in [0.5, 0.6) is 0 Å². The molecule has 0 aliphatic carbocycles. The number of hydrogen-bond acceptors (Lipinski definition) is 3. The van der Waals surface area contributed by atoms with E-state index in [2.05, 4.69) is 9.97 Å². The summed E-state index contributed by atoms with van der Waals surface area (Å²) in [5.41, 5.74) is 0.651. The predicted molar refractivity (Wildman–Crippen MR) is 90.3 cm³/mol. The summed E-state index contributed by atoms with van der Waals surface area (Å²) >= 11 is 5.84. The number of hydrogen-bond donors (Lipinski definition) is 0. The van der Waals surface area contributed by atoms with Crippen LogP contribution < -0.4 is 4.90 Å². The molecule has 0 atom stereocenters. The van der Waals surface area contributed by atoms with E-state index in [0.29, 0.717) is 5.69 Å². The van der Waals surface area contributed by atoms with E-state index < -0.39 is 17.5 Å². The van der Waals surface area contributed by atoms with E-state index in [-0.39, 0.29) is 22.0 Å². The molecule has 1 heterocycles. The second kappa shape index (κ2) is 7.49. The Morgan fingerprint density at radius 1 is 0.958 bits per heavy atom. The Morgan fingerprint density at radius 2 is 1.62 bits per heavy atom. The SMILES string of the molecule is CC.CN(c1cccc(F)c1)c1nc(Cl)nc2cc(F)c(F)cc12. The van der Waals surface area contributed by atoms with Crippen molar-refractivity contribution in [2.24, 2.45) is 0 Å². The second-order valence-corrected chi connectivity index (χ2v) is 4.98. The first kappa shape index (κ1) is 18.0. The fourth-order valence-electron chi connectivity index (χ4n) is 2.14. The molecule has 3 rings (SSSR count). The standard InChI is InChI=1S/C15H9ClF3N3.C2H6/c1-22(9-4-2-3-8(17)5-9)14-10-6-11(18)12(19)7-13(10)20-15(16)21-14;1-2/h2-7H,1H3;1-2H3. The predicted octanol–water partition coefficient (Wildman–Crippen LogP) is 5.49. The molecule has 126 valence electrons. The van der Waals surface area contributed by atoms with Crippen molar-refractivity contribution in [3.05, 3.63) is 59.1 Å². The summed E-state index contributed by atoms with van der Waals surface area (Å²) in [5, 5.41) is 0.159. The molecule has 2 aromatic carbocycles. The highest BCUT2D eigenvalue weighted by molar-refractivity contribution is 6.28. The van der Waals surface area contributed by atoms with Crippen LogP contribution in [0.3, 0.4) is 0 Å². The first-order valence-electron chi connectivity index (χ1n) is 7.27. The van der Waals surface area contributed by atoms with Crippen LogP contribution in [0.4, 0.5) is 24.7 Å². The molecule has 0 amide bonds. The van der Waals surface area contributed by atoms with Gasteiger partial charge in [0, 0.05) is 24.2 Å². The molecular formula is C17H15ClF3N3. The van der Waals surface area contributed by atoms with Crippen molar-refractivity contribution >= 4 is 34.0 Å². The average molecular weight is 354 g/mol. The molecule has 24 heavy (non-hydrogen) atoms. The van der Waals surface area contributed by atoms with Crippen LogP contribution in [0, 0.1) is 17.5 Å². The van der Waals surface area contributed by atoms with E-state index in [1.165, 1.54) is 23.1 Å². The molecule has 3 nitrogen and oxygen atoms in total. The second-order valence-electron chi connectivity index (χ2n) is 4.64. The molecule has 0 radical (unpaired) electrons. The van der Waals surface area contributed by atoms with Crippen molar-refractivity contribution in [2.45, 2.75) is 13.8 Å². The van der Waals surface area contributed by atoms with Gasteiger partial charge in [-0.2, -0.15) is 4.98 Å². The van der Waals surface area contributed by atoms with Crippen LogP contribution >= 0.6 is 11.6 Å². The molecule has 0 saturated heterocycles. The van der Waals surface area contributed by atoms with Crippen molar-refractivity contribution in [1.29, 1.82) is 0 Å². The number of fused-ring (bicyclic) bond motifs is 1. The largest absolute Gasteiger partial charge is 0.329 e. The number of nitrogens with zero attached hydrogens (tertiary/aromatic N) is 3. The van der Waals surface area contributed by atoms with Gasteiger partial charge in [0.2, 0.25) is 5.28 Å². The normalized spacial score (nSPS) is 10.3. The van der Waals surface area contributed by atoms with Crippen molar-refractivity contribution in [3.63, 3.8) is 0 Å². The monoisotopic (exact) mass is 353 g/mol. The average Bonchev–Trinajstić information content (AvgIpc) is 2.57. The van der Waals surface area contributed by atoms with Crippen molar-refractivity contribution < 1.29 is 13.2 Å². The van der Waals surface area contributed by atoms with E-state index in [0.717, 1.165) is 12.1 Å². The third kappa shape index (κ3) is 3.59. The molecule has 0 aliphatic heterocycles. The molecule has 3 aromatic rings. The Kier molecular flexibility index (Phi) is 5.62. The van der Waals surface area contributed by atoms with Crippen LogP contribution in [0.15, 0.2) is 36.4 Å². The smallest absolute Gasteiger partial charge is 0.224 e. The van der Waals surface area contributed by atoms with Gasteiger partial charge in [-0.3, -0.25) is 0 Å². The minimum atomic E-state index is -1.03. The van der Waals surface area contributed by atoms with E-state index in [1.54, 1.807) is 13.1 Å². The van der Waals surface area contributed by atoms with Crippen molar-refractivity contribution in [2.75, 3.05) is 11.9 Å². The lowest BCUT2D eigenvalue weighted by Crippen LogP contribution is -2.13. The van der Waals surface area contributed by atoms with E-state index in [4.69, 9.17) is 11.6 Å². The number of anilines is 2. The molecular weight excluding hydrogens is 339 g/mol. The maximum absolute atomic E-state index is 13.5. The van der Waals surface area contributed by atoms with Gasteiger partial charge < -0.3 is 4.90 Å². The van der Waals surface area contributed by atoms with E-state index >= 15 is 0 Å². The van der Waals surface area contributed by atoms with Gasteiger partial charge in [0.15, 0.2) is 11.6 Å². The zero-order valence-electron chi connectivity index (χ0n) is 13.3. The van der Waals surface area contributed by atoms with Crippen molar-refractivity contribution in [3.8, 4) is 0 Å². The molecule has 0 N–H and O–H groups in total. The van der Waals surface area contributed by atoms with Crippen LogP contribution in [-0.4, -0.2) is 17.0 Å². The summed E-state index contributed by atoms with van der Waals surface area (Å²) < 4.78 is 40.2. The highest BCUT2D eigenvalue weighted by atomic mass is 35.5. The number of halogens is 4. The number of aromatic nitrogens is 2. The summed E-state index contributed by atoms with van der Waals surface area (Å²) in [6, 6.07) is 7.73. The molecule has 0 spiro atoms. The third-order valence-corrected chi connectivity index (χ3v) is 3.37. The zero-order valence-corrected chi connectivity index (χ0v) is 14.1. The van der Waals surface area contributed by atoms with Crippen molar-refractivity contribution in [1.82, 2.24) is 9.97 Å². The van der Waals surface area contributed by atoms with Crippen LogP contribution in [-0.2, 0) is 0 Å². The topological polar surface area (TPSA) is 29.0 Å². The van der Waals surface area contributed by atoms with Gasteiger partial charge in [0.05, 0.1) is 5.52 Å². The molecule has 7 heteroatoms. The van der Waals surface area contributed by atoms with Crippen LogP contribution in [0.2, 0.25) is 5.28 Å². The first-order chi connectivity index (χ1) is 11.5. The molecule has 1 aromatic heterocycles. The molecule has 0 bridgehead atoms. The van der Waals surface area contributed by atoms with Crippen LogP contribution in [0.25, 0.3) is 10.9 Å². The molecule has 0 saturated carbocycles. The van der Waals surface area contributed by atoms with Gasteiger partial charge in [-0.25, -0.2) is 18.2 Å². The third-order valence-electron chi connectivity index (χ3n) is 3.20. The van der Waals surface area contributed by atoms with E-state index in [9.17, 15) is 13.2 Å². The molecule has 0 unspecified atom stereocenters. The summed E-state index contributed by atoms with van der Waals surface area (Å²) in [6.07, 6.45) is 0. The number of rotatable bonds is 2.